The third-order valence-corrected chi connectivity index (χ3v) is 9.16. The van der Waals surface area contributed by atoms with Crippen molar-refractivity contribution in [1.29, 1.82) is 0 Å². The number of hydrogen-bond donors (Lipinski definition) is 7. The van der Waals surface area contributed by atoms with E-state index in [0.717, 1.165) is 0 Å². The lowest BCUT2D eigenvalue weighted by Crippen LogP contribution is -2.68. The van der Waals surface area contributed by atoms with E-state index in [1.54, 1.807) is 11.8 Å². The van der Waals surface area contributed by atoms with Crippen LogP contribution < -0.4 is 11.1 Å². The molecular weight excluding hydrogens is 550 g/mol. The fraction of sp³-hybridized carbons (Fsp3) is 0.500. The van der Waals surface area contributed by atoms with Gasteiger partial charge in [0, 0.05) is 37.7 Å². The van der Waals surface area contributed by atoms with Gasteiger partial charge in [-0.1, -0.05) is 13.0 Å². The minimum absolute atomic E-state index is 0.0602. The number of nitrogens with zero attached hydrogens (tertiary/aromatic N) is 3. The lowest BCUT2D eigenvalue weighted by molar-refractivity contribution is -0.162. The van der Waals surface area contributed by atoms with Gasteiger partial charge in [-0.25, -0.2) is 4.79 Å². The fourth-order valence-corrected chi connectivity index (χ4v) is 6.93. The van der Waals surface area contributed by atoms with Crippen molar-refractivity contribution >= 4 is 29.2 Å². The third kappa shape index (κ3) is 4.01. The summed E-state index contributed by atoms with van der Waals surface area (Å²) in [7, 11) is 4.88. The molecule has 3 aliphatic carbocycles. The summed E-state index contributed by atoms with van der Waals surface area (Å²) in [6.45, 7) is 3.89. The SMILES string of the molecule is CC1c2ccc(NC(=O)N3CCN(C)CC3)c(O)c2C(=O)C2=C(O)[C@]3(O)C(=O)C(C(N)=O)=C(O)[C@@H](N(C)C)C3C(O)C21. The predicted molar refractivity (Wildman–Crippen MR) is 148 cm³/mol. The number of benzene rings is 1. The number of primary amides is 1. The van der Waals surface area contributed by atoms with Crippen LogP contribution in [0, 0.1) is 11.8 Å². The van der Waals surface area contributed by atoms with Crippen LogP contribution in [0.4, 0.5) is 10.5 Å². The van der Waals surface area contributed by atoms with Gasteiger partial charge in [0.25, 0.3) is 5.91 Å². The third-order valence-electron chi connectivity index (χ3n) is 9.16. The molecule has 3 amide bonds. The summed E-state index contributed by atoms with van der Waals surface area (Å²) in [6, 6.07) is 1.15. The first-order chi connectivity index (χ1) is 19.6. The Labute approximate surface area is 241 Å². The van der Waals surface area contributed by atoms with E-state index in [2.05, 4.69) is 10.2 Å². The van der Waals surface area contributed by atoms with Crippen molar-refractivity contribution in [1.82, 2.24) is 14.7 Å². The average Bonchev–Trinajstić information content (AvgIpc) is 2.92. The van der Waals surface area contributed by atoms with Crippen molar-refractivity contribution in [2.75, 3.05) is 52.6 Å². The molecule has 0 spiro atoms. The highest BCUT2D eigenvalue weighted by atomic mass is 16.4. The molecule has 4 aliphatic rings. The summed E-state index contributed by atoms with van der Waals surface area (Å²) >= 11 is 0. The van der Waals surface area contributed by atoms with Crippen molar-refractivity contribution in [3.8, 4) is 5.75 Å². The summed E-state index contributed by atoms with van der Waals surface area (Å²) in [6.07, 6.45) is -1.68. The van der Waals surface area contributed by atoms with Crippen LogP contribution in [0.3, 0.4) is 0 Å². The Balaban J connectivity index is 1.62. The number of aliphatic hydroxyl groups excluding tert-OH is 3. The smallest absolute Gasteiger partial charge is 0.322 e. The number of phenols is 1. The lowest BCUT2D eigenvalue weighted by Gasteiger charge is -2.53. The van der Waals surface area contributed by atoms with E-state index in [4.69, 9.17) is 5.73 Å². The van der Waals surface area contributed by atoms with Crippen LogP contribution in [0.5, 0.6) is 5.75 Å². The molecule has 42 heavy (non-hydrogen) atoms. The van der Waals surface area contributed by atoms with Crippen LogP contribution in [0.2, 0.25) is 0 Å². The molecular formula is C28H35N5O9. The monoisotopic (exact) mass is 585 g/mol. The summed E-state index contributed by atoms with van der Waals surface area (Å²) < 4.78 is 0. The second kappa shape index (κ2) is 10.1. The maximum atomic E-state index is 14.0. The van der Waals surface area contributed by atoms with E-state index in [-0.39, 0.29) is 11.3 Å². The van der Waals surface area contributed by atoms with Crippen molar-refractivity contribution in [3.05, 3.63) is 45.9 Å². The van der Waals surface area contributed by atoms with Crippen molar-refractivity contribution < 1.29 is 44.7 Å². The van der Waals surface area contributed by atoms with Gasteiger partial charge in [0.2, 0.25) is 5.78 Å². The zero-order valence-electron chi connectivity index (χ0n) is 23.7. The zero-order valence-corrected chi connectivity index (χ0v) is 23.7. The Hall–Kier alpha value is -3.98. The Morgan fingerprint density at radius 3 is 2.29 bits per heavy atom. The average molecular weight is 586 g/mol. The number of rotatable bonds is 3. The largest absolute Gasteiger partial charge is 0.510 e. The molecule has 8 N–H and O–H groups in total. The molecule has 0 saturated carbocycles. The molecule has 1 aromatic carbocycles. The topological polar surface area (TPSA) is 217 Å². The number of ketones is 2. The number of hydrogen-bond acceptors (Lipinski definition) is 11. The molecule has 1 fully saturated rings. The van der Waals surface area contributed by atoms with Crippen LogP contribution in [0.25, 0.3) is 0 Å². The molecule has 1 heterocycles. The quantitative estimate of drug-likeness (QED) is 0.176. The maximum absolute atomic E-state index is 14.0. The summed E-state index contributed by atoms with van der Waals surface area (Å²) in [5, 5.41) is 59.6. The van der Waals surface area contributed by atoms with Crippen LogP contribution >= 0.6 is 0 Å². The lowest BCUT2D eigenvalue weighted by atomic mass is 9.55. The Kier molecular flexibility index (Phi) is 7.08. The minimum atomic E-state index is -2.99. The van der Waals surface area contributed by atoms with Gasteiger partial charge in [-0.05, 0) is 38.7 Å². The number of nitrogens with two attached hydrogens (primary N) is 1. The highest BCUT2D eigenvalue weighted by Crippen LogP contribution is 2.56. The molecule has 5 rings (SSSR count). The molecule has 1 saturated heterocycles. The van der Waals surface area contributed by atoms with Gasteiger partial charge in [-0.15, -0.1) is 0 Å². The zero-order chi connectivity index (χ0) is 31.0. The molecule has 1 aliphatic heterocycles. The highest BCUT2D eigenvalue weighted by Gasteiger charge is 2.67. The minimum Gasteiger partial charge on any atom is -0.510 e. The normalized spacial score (nSPS) is 31.6. The van der Waals surface area contributed by atoms with E-state index in [0.29, 0.717) is 31.7 Å². The Morgan fingerprint density at radius 2 is 1.71 bits per heavy atom. The maximum Gasteiger partial charge on any atom is 0.322 e. The Bertz CT molecular complexity index is 1460. The van der Waals surface area contributed by atoms with Gasteiger partial charge < -0.3 is 46.4 Å². The van der Waals surface area contributed by atoms with Gasteiger partial charge in [0.05, 0.1) is 29.3 Å². The van der Waals surface area contributed by atoms with Crippen LogP contribution in [0.1, 0.15) is 28.8 Å². The number of phenolic OH excluding ortho intramolecular Hbond substituents is 1. The van der Waals surface area contributed by atoms with Gasteiger partial charge in [0.15, 0.2) is 17.1 Å². The first-order valence-electron chi connectivity index (χ1n) is 13.6. The van der Waals surface area contributed by atoms with Crippen molar-refractivity contribution in [2.24, 2.45) is 17.6 Å². The molecule has 1 aromatic rings. The van der Waals surface area contributed by atoms with Crippen LogP contribution in [0.15, 0.2) is 34.8 Å². The number of carbonyl (C=O) groups is 4. The second-order valence-corrected chi connectivity index (χ2v) is 11.7. The molecule has 0 radical (unpaired) electrons. The summed E-state index contributed by atoms with van der Waals surface area (Å²) in [5.74, 6) is -9.74. The van der Waals surface area contributed by atoms with E-state index < -0.39 is 87.4 Å². The van der Waals surface area contributed by atoms with E-state index >= 15 is 0 Å². The molecule has 0 aromatic heterocycles. The first kappa shape index (κ1) is 29.5. The molecule has 226 valence electrons. The number of carbonyl (C=O) groups excluding carboxylic acids is 4. The molecule has 4 unspecified atom stereocenters. The second-order valence-electron chi connectivity index (χ2n) is 11.7. The summed E-state index contributed by atoms with van der Waals surface area (Å²) in [4.78, 5) is 57.5. The van der Waals surface area contributed by atoms with Crippen molar-refractivity contribution in [2.45, 2.75) is 30.6 Å². The number of anilines is 1. The van der Waals surface area contributed by atoms with Gasteiger partial charge in [0.1, 0.15) is 17.1 Å². The van der Waals surface area contributed by atoms with E-state index in [1.807, 2.05) is 7.05 Å². The number of fused-ring (bicyclic) bond motifs is 3. The number of Topliss-reactive ketones (excluding diaryl/α,β-unsaturated/α-hetero) is 2. The molecule has 0 bridgehead atoms. The number of aromatic hydroxyl groups is 1. The molecule has 14 heteroatoms. The Morgan fingerprint density at radius 1 is 1.10 bits per heavy atom. The molecule has 14 nitrogen and oxygen atoms in total. The van der Waals surface area contributed by atoms with Gasteiger partial charge >= 0.3 is 6.03 Å². The van der Waals surface area contributed by atoms with Crippen LogP contribution in [-0.4, -0.2) is 129 Å². The number of amides is 3. The number of urea groups is 1. The van der Waals surface area contributed by atoms with Crippen LogP contribution in [-0.2, 0) is 9.59 Å². The number of nitrogens with one attached hydrogen (secondary N) is 1. The number of aliphatic hydroxyl groups is 4. The van der Waals surface area contributed by atoms with Gasteiger partial charge in [-0.2, -0.15) is 0 Å². The fourth-order valence-electron chi connectivity index (χ4n) is 6.93. The summed E-state index contributed by atoms with van der Waals surface area (Å²) in [5.41, 5.74) is 0.849. The first-order valence-corrected chi connectivity index (χ1v) is 13.6. The predicted octanol–water partition coefficient (Wildman–Crippen LogP) is -0.568. The number of piperazine rings is 1. The molecule has 6 atom stereocenters. The van der Waals surface area contributed by atoms with Crippen molar-refractivity contribution in [3.63, 3.8) is 0 Å². The van der Waals surface area contributed by atoms with E-state index in [9.17, 15) is 44.7 Å². The highest BCUT2D eigenvalue weighted by molar-refractivity contribution is 6.25. The van der Waals surface area contributed by atoms with E-state index in [1.165, 1.54) is 31.1 Å². The van der Waals surface area contributed by atoms with Gasteiger partial charge in [-0.3, -0.25) is 19.3 Å². The number of likely N-dealkylation sites (N-methyl/N-ethyl adjacent to an activating group) is 2. The standard InChI is InChI=1S/C28H35N5O9/c1-11-12-5-6-13(30-27(41)33-9-7-32(4)8-10-33)20(34)15(12)21(35)16-14(11)22(36)18-19(31(2)3)23(37)17(26(29)40)25(39)28(18,42)24(16)38/h5-6,11,14,18-19,22,34,36-38,42H,7-10H2,1-4H3,(H2,29,40)(H,30,41)/t11?,14?,18?,19-,22?,28-/m0/s1.